The molecule has 36 heavy (non-hydrogen) atoms. The minimum atomic E-state index is -0.810. The predicted molar refractivity (Wildman–Crippen MR) is 140 cm³/mol. The maximum atomic E-state index is 13.5. The van der Waals surface area contributed by atoms with Crippen LogP contribution in [-0.4, -0.2) is 28.4 Å². The zero-order chi connectivity index (χ0) is 25.2. The molecule has 0 bridgehead atoms. The van der Waals surface area contributed by atoms with Crippen LogP contribution in [0.25, 0.3) is 16.5 Å². The molecule has 1 fully saturated rings. The molecule has 1 atom stereocenters. The molecule has 5 rings (SSSR count). The van der Waals surface area contributed by atoms with Gasteiger partial charge in [-0.1, -0.05) is 50.2 Å². The van der Waals surface area contributed by atoms with Crippen LogP contribution in [-0.2, 0) is 9.59 Å². The van der Waals surface area contributed by atoms with Crippen LogP contribution in [0.3, 0.4) is 0 Å². The topological polar surface area (TPSA) is 79.7 Å². The van der Waals surface area contributed by atoms with Gasteiger partial charge >= 0.3 is 0 Å². The third kappa shape index (κ3) is 4.22. The van der Waals surface area contributed by atoms with Gasteiger partial charge in [-0.2, -0.15) is 0 Å². The molecule has 0 spiro atoms. The SMILES string of the molecule is CC(C)COc1ccc(/C(O)=C2\C(=O)C(=O)N(c3cccc4ccccc34)C2c2ccncc2)cc1. The molecule has 0 aliphatic carbocycles. The number of Topliss-reactive ketones (excluding diaryl/α,β-unsaturated/α-hetero) is 1. The number of aromatic nitrogens is 1. The first kappa shape index (κ1) is 23.3. The van der Waals surface area contributed by atoms with Crippen LogP contribution >= 0.6 is 0 Å². The van der Waals surface area contributed by atoms with Gasteiger partial charge in [0.1, 0.15) is 11.5 Å². The highest BCUT2D eigenvalue weighted by molar-refractivity contribution is 6.52. The van der Waals surface area contributed by atoms with E-state index in [0.29, 0.717) is 35.1 Å². The summed E-state index contributed by atoms with van der Waals surface area (Å²) < 4.78 is 5.74. The first-order chi connectivity index (χ1) is 17.5. The number of carbonyl (C=O) groups excluding carboxylic acids is 2. The highest BCUT2D eigenvalue weighted by Gasteiger charge is 2.47. The van der Waals surface area contributed by atoms with Gasteiger partial charge in [-0.3, -0.25) is 19.5 Å². The molecule has 180 valence electrons. The van der Waals surface area contributed by atoms with E-state index in [1.165, 1.54) is 4.90 Å². The number of ketones is 1. The molecule has 1 saturated heterocycles. The number of anilines is 1. The van der Waals surface area contributed by atoms with Crippen molar-refractivity contribution in [2.45, 2.75) is 19.9 Å². The minimum absolute atomic E-state index is 0.0370. The van der Waals surface area contributed by atoms with Crippen molar-refractivity contribution in [2.24, 2.45) is 5.92 Å². The van der Waals surface area contributed by atoms with Crippen molar-refractivity contribution in [3.63, 3.8) is 0 Å². The average Bonchev–Trinajstić information content (AvgIpc) is 3.17. The smallest absolute Gasteiger partial charge is 0.300 e. The highest BCUT2D eigenvalue weighted by Crippen LogP contribution is 2.44. The number of nitrogens with zero attached hydrogens (tertiary/aromatic N) is 2. The van der Waals surface area contributed by atoms with Crippen molar-refractivity contribution < 1.29 is 19.4 Å². The van der Waals surface area contributed by atoms with Gasteiger partial charge in [0.15, 0.2) is 0 Å². The molecule has 1 N–H and O–H groups in total. The number of ether oxygens (including phenoxy) is 1. The number of pyridine rings is 1. The van der Waals surface area contributed by atoms with Crippen LogP contribution in [0.2, 0.25) is 0 Å². The summed E-state index contributed by atoms with van der Waals surface area (Å²) in [6.07, 6.45) is 3.22. The standard InChI is InChI=1S/C30H26N2O4/c1-19(2)18-36-23-12-10-22(11-13-23)28(33)26-27(21-14-16-31-17-15-21)32(30(35)29(26)34)25-9-5-7-20-6-3-4-8-24(20)25/h3-17,19,27,33H,18H2,1-2H3/b28-26+. The lowest BCUT2D eigenvalue weighted by atomic mass is 9.95. The fourth-order valence-corrected chi connectivity index (χ4v) is 4.49. The average molecular weight is 479 g/mol. The summed E-state index contributed by atoms with van der Waals surface area (Å²) in [7, 11) is 0. The Hall–Kier alpha value is -4.45. The molecule has 3 aromatic carbocycles. The van der Waals surface area contributed by atoms with Crippen LogP contribution in [0.15, 0.2) is 96.8 Å². The summed E-state index contributed by atoms with van der Waals surface area (Å²) >= 11 is 0. The fourth-order valence-electron chi connectivity index (χ4n) is 4.49. The molecule has 2 heterocycles. The van der Waals surface area contributed by atoms with E-state index in [-0.39, 0.29) is 11.3 Å². The number of benzene rings is 3. The van der Waals surface area contributed by atoms with Crippen molar-refractivity contribution in [1.29, 1.82) is 0 Å². The van der Waals surface area contributed by atoms with Crippen molar-refractivity contribution in [3.8, 4) is 5.75 Å². The zero-order valence-electron chi connectivity index (χ0n) is 20.1. The maximum absolute atomic E-state index is 13.5. The van der Waals surface area contributed by atoms with E-state index in [9.17, 15) is 14.7 Å². The Kier molecular flexibility index (Phi) is 6.25. The summed E-state index contributed by atoms with van der Waals surface area (Å²) in [6, 6.07) is 22.9. The normalized spacial score (nSPS) is 17.2. The third-order valence-corrected chi connectivity index (χ3v) is 6.20. The van der Waals surface area contributed by atoms with E-state index in [0.717, 1.165) is 10.8 Å². The van der Waals surface area contributed by atoms with Gasteiger partial charge in [0.2, 0.25) is 0 Å². The summed E-state index contributed by atoms with van der Waals surface area (Å²) in [6.45, 7) is 4.70. The molecule has 0 radical (unpaired) electrons. The van der Waals surface area contributed by atoms with Gasteiger partial charge in [0, 0.05) is 23.3 Å². The summed E-state index contributed by atoms with van der Waals surface area (Å²) in [4.78, 5) is 32.5. The monoisotopic (exact) mass is 478 g/mol. The number of aliphatic hydroxyl groups excluding tert-OH is 1. The summed E-state index contributed by atoms with van der Waals surface area (Å²) in [5.41, 5.74) is 1.75. The summed E-state index contributed by atoms with van der Waals surface area (Å²) in [5.74, 6) is -0.604. The fraction of sp³-hybridized carbons (Fsp3) is 0.167. The van der Waals surface area contributed by atoms with Crippen molar-refractivity contribution in [3.05, 3.63) is 108 Å². The molecule has 6 nitrogen and oxygen atoms in total. The van der Waals surface area contributed by atoms with E-state index in [1.54, 1.807) is 48.8 Å². The number of carbonyl (C=O) groups is 2. The molecule has 1 aromatic heterocycles. The number of hydrogen-bond donors (Lipinski definition) is 1. The van der Waals surface area contributed by atoms with Gasteiger partial charge in [0.25, 0.3) is 11.7 Å². The molecule has 0 saturated carbocycles. The lowest BCUT2D eigenvalue weighted by Crippen LogP contribution is -2.29. The van der Waals surface area contributed by atoms with E-state index < -0.39 is 17.7 Å². The molecular formula is C30H26N2O4. The molecule has 1 aliphatic rings. The molecule has 1 amide bonds. The number of hydrogen-bond acceptors (Lipinski definition) is 5. The predicted octanol–water partition coefficient (Wildman–Crippen LogP) is 5.90. The van der Waals surface area contributed by atoms with Crippen molar-refractivity contribution in [1.82, 2.24) is 4.98 Å². The van der Waals surface area contributed by atoms with Crippen LogP contribution < -0.4 is 9.64 Å². The van der Waals surface area contributed by atoms with Gasteiger partial charge < -0.3 is 9.84 Å². The maximum Gasteiger partial charge on any atom is 0.300 e. The Morgan fingerprint density at radius 1 is 0.944 bits per heavy atom. The Morgan fingerprint density at radius 3 is 2.36 bits per heavy atom. The second-order valence-electron chi connectivity index (χ2n) is 9.18. The lowest BCUT2D eigenvalue weighted by molar-refractivity contribution is -0.132. The van der Waals surface area contributed by atoms with E-state index in [2.05, 4.69) is 18.8 Å². The molecule has 1 unspecified atom stereocenters. The molecule has 4 aromatic rings. The Labute approximate surface area is 209 Å². The van der Waals surface area contributed by atoms with Gasteiger partial charge in [0.05, 0.1) is 23.9 Å². The lowest BCUT2D eigenvalue weighted by Gasteiger charge is -2.26. The molecule has 6 heteroatoms. The zero-order valence-corrected chi connectivity index (χ0v) is 20.1. The quantitative estimate of drug-likeness (QED) is 0.212. The minimum Gasteiger partial charge on any atom is -0.507 e. The number of fused-ring (bicyclic) bond motifs is 1. The van der Waals surface area contributed by atoms with E-state index in [4.69, 9.17) is 4.74 Å². The first-order valence-electron chi connectivity index (χ1n) is 11.9. The van der Waals surface area contributed by atoms with Crippen LogP contribution in [0.5, 0.6) is 5.75 Å². The van der Waals surface area contributed by atoms with E-state index in [1.807, 2.05) is 42.5 Å². The van der Waals surface area contributed by atoms with Crippen molar-refractivity contribution in [2.75, 3.05) is 11.5 Å². The Bertz CT molecular complexity index is 1450. The number of aliphatic hydroxyl groups is 1. The number of amides is 1. The second kappa shape index (κ2) is 9.66. The van der Waals surface area contributed by atoms with Crippen LogP contribution in [0.4, 0.5) is 5.69 Å². The second-order valence-corrected chi connectivity index (χ2v) is 9.18. The van der Waals surface area contributed by atoms with Gasteiger partial charge in [-0.25, -0.2) is 0 Å². The molecule has 1 aliphatic heterocycles. The summed E-state index contributed by atoms with van der Waals surface area (Å²) in [5, 5.41) is 13.1. The first-order valence-corrected chi connectivity index (χ1v) is 11.9. The largest absolute Gasteiger partial charge is 0.507 e. The van der Waals surface area contributed by atoms with E-state index >= 15 is 0 Å². The third-order valence-electron chi connectivity index (χ3n) is 6.20. The highest BCUT2D eigenvalue weighted by atomic mass is 16.5. The van der Waals surface area contributed by atoms with Gasteiger partial charge in [-0.15, -0.1) is 0 Å². The van der Waals surface area contributed by atoms with Crippen molar-refractivity contribution >= 4 is 33.9 Å². The number of rotatable bonds is 6. The van der Waals surface area contributed by atoms with Crippen LogP contribution in [0.1, 0.15) is 31.0 Å². The van der Waals surface area contributed by atoms with Crippen LogP contribution in [0, 0.1) is 5.92 Å². The Morgan fingerprint density at radius 2 is 1.64 bits per heavy atom. The van der Waals surface area contributed by atoms with Gasteiger partial charge in [-0.05, 0) is 59.3 Å². The molecular weight excluding hydrogens is 452 g/mol. The Balaban J connectivity index is 1.65.